The summed E-state index contributed by atoms with van der Waals surface area (Å²) in [6.07, 6.45) is 6.20. The van der Waals surface area contributed by atoms with Gasteiger partial charge < -0.3 is 4.90 Å². The van der Waals surface area contributed by atoms with Gasteiger partial charge in [-0.05, 0) is 37.5 Å². The fraction of sp³-hybridized carbons (Fsp3) is 0.400. The van der Waals surface area contributed by atoms with Gasteiger partial charge in [0.25, 0.3) is 0 Å². The molecule has 0 spiro atoms. The molecule has 1 unspecified atom stereocenters. The van der Waals surface area contributed by atoms with E-state index in [1.807, 2.05) is 41.3 Å². The molecule has 0 saturated heterocycles. The SMILES string of the molecule is CC(c1ccccn1)N(Cc1ccccc1)C(=O)C1CCCC1. The molecular formula is C20H24N2O. The third-order valence-corrected chi connectivity index (χ3v) is 4.77. The van der Waals surface area contributed by atoms with Gasteiger partial charge in [-0.25, -0.2) is 0 Å². The second-order valence-electron chi connectivity index (χ2n) is 6.36. The number of amides is 1. The summed E-state index contributed by atoms with van der Waals surface area (Å²) in [6.45, 7) is 2.73. The van der Waals surface area contributed by atoms with Crippen molar-refractivity contribution in [1.82, 2.24) is 9.88 Å². The topological polar surface area (TPSA) is 33.2 Å². The third kappa shape index (κ3) is 3.79. The van der Waals surface area contributed by atoms with E-state index in [2.05, 4.69) is 24.0 Å². The first-order chi connectivity index (χ1) is 11.3. The molecule has 1 aliphatic carbocycles. The Morgan fingerprint density at radius 1 is 1.13 bits per heavy atom. The van der Waals surface area contributed by atoms with Gasteiger partial charge in [-0.2, -0.15) is 0 Å². The van der Waals surface area contributed by atoms with E-state index in [0.717, 1.165) is 18.5 Å². The molecule has 1 atom stereocenters. The van der Waals surface area contributed by atoms with Gasteiger partial charge in [0.1, 0.15) is 0 Å². The largest absolute Gasteiger partial charge is 0.330 e. The number of pyridine rings is 1. The molecule has 0 aliphatic heterocycles. The van der Waals surface area contributed by atoms with Crippen molar-refractivity contribution >= 4 is 5.91 Å². The summed E-state index contributed by atoms with van der Waals surface area (Å²) >= 11 is 0. The summed E-state index contributed by atoms with van der Waals surface area (Å²) in [5.74, 6) is 0.467. The first-order valence-corrected chi connectivity index (χ1v) is 8.51. The zero-order valence-corrected chi connectivity index (χ0v) is 13.7. The number of aromatic nitrogens is 1. The normalized spacial score (nSPS) is 16.2. The van der Waals surface area contributed by atoms with Crippen molar-refractivity contribution in [3.05, 3.63) is 66.0 Å². The van der Waals surface area contributed by atoms with E-state index in [1.165, 1.54) is 18.4 Å². The van der Waals surface area contributed by atoms with Crippen molar-refractivity contribution in [3.8, 4) is 0 Å². The highest BCUT2D eigenvalue weighted by Crippen LogP contribution is 2.30. The van der Waals surface area contributed by atoms with Crippen LogP contribution >= 0.6 is 0 Å². The molecule has 120 valence electrons. The maximum atomic E-state index is 13.1. The van der Waals surface area contributed by atoms with Crippen LogP contribution in [-0.2, 0) is 11.3 Å². The van der Waals surface area contributed by atoms with Gasteiger partial charge in [-0.1, -0.05) is 49.2 Å². The van der Waals surface area contributed by atoms with Crippen molar-refractivity contribution in [2.75, 3.05) is 0 Å². The highest BCUT2D eigenvalue weighted by atomic mass is 16.2. The van der Waals surface area contributed by atoms with Crippen LogP contribution in [0.15, 0.2) is 54.7 Å². The Bertz CT molecular complexity index is 621. The Labute approximate surface area is 138 Å². The van der Waals surface area contributed by atoms with Crippen LogP contribution in [0, 0.1) is 5.92 Å². The van der Waals surface area contributed by atoms with Crippen LogP contribution in [0.25, 0.3) is 0 Å². The maximum Gasteiger partial charge on any atom is 0.226 e. The molecule has 3 rings (SSSR count). The van der Waals surface area contributed by atoms with Crippen molar-refractivity contribution in [1.29, 1.82) is 0 Å². The van der Waals surface area contributed by atoms with E-state index in [-0.39, 0.29) is 17.9 Å². The van der Waals surface area contributed by atoms with Crippen LogP contribution < -0.4 is 0 Å². The van der Waals surface area contributed by atoms with Crippen LogP contribution in [0.3, 0.4) is 0 Å². The fourth-order valence-electron chi connectivity index (χ4n) is 3.38. The molecule has 1 fully saturated rings. The molecule has 1 heterocycles. The van der Waals surface area contributed by atoms with E-state index >= 15 is 0 Å². The summed E-state index contributed by atoms with van der Waals surface area (Å²) in [5.41, 5.74) is 2.12. The highest BCUT2D eigenvalue weighted by Gasteiger charge is 2.30. The van der Waals surface area contributed by atoms with Gasteiger partial charge >= 0.3 is 0 Å². The average Bonchev–Trinajstić information content (AvgIpc) is 3.15. The summed E-state index contributed by atoms with van der Waals surface area (Å²) in [5, 5.41) is 0. The molecular weight excluding hydrogens is 284 g/mol. The predicted octanol–water partition coefficient (Wildman–Crippen LogP) is 4.36. The molecule has 1 amide bonds. The molecule has 3 heteroatoms. The second-order valence-corrected chi connectivity index (χ2v) is 6.36. The van der Waals surface area contributed by atoms with Crippen LogP contribution in [0.2, 0.25) is 0 Å². The monoisotopic (exact) mass is 308 g/mol. The number of rotatable bonds is 5. The van der Waals surface area contributed by atoms with Crippen molar-refractivity contribution < 1.29 is 4.79 Å². The molecule has 1 aliphatic rings. The van der Waals surface area contributed by atoms with Crippen LogP contribution in [-0.4, -0.2) is 15.8 Å². The molecule has 0 radical (unpaired) electrons. The lowest BCUT2D eigenvalue weighted by Gasteiger charge is -2.31. The average molecular weight is 308 g/mol. The van der Waals surface area contributed by atoms with Gasteiger partial charge in [0.2, 0.25) is 5.91 Å². The van der Waals surface area contributed by atoms with Gasteiger partial charge in [0, 0.05) is 18.7 Å². The minimum atomic E-state index is -0.00972. The first-order valence-electron chi connectivity index (χ1n) is 8.51. The lowest BCUT2D eigenvalue weighted by Crippen LogP contribution is -2.37. The molecule has 2 aromatic rings. The smallest absolute Gasteiger partial charge is 0.226 e. The maximum absolute atomic E-state index is 13.1. The van der Waals surface area contributed by atoms with Crippen LogP contribution in [0.5, 0.6) is 0 Å². The van der Waals surface area contributed by atoms with E-state index in [0.29, 0.717) is 6.54 Å². The van der Waals surface area contributed by atoms with E-state index < -0.39 is 0 Å². The summed E-state index contributed by atoms with van der Waals surface area (Å²) in [4.78, 5) is 19.5. The summed E-state index contributed by atoms with van der Waals surface area (Å²) in [6, 6.07) is 16.1. The van der Waals surface area contributed by atoms with E-state index in [9.17, 15) is 4.79 Å². The number of carbonyl (C=O) groups is 1. The minimum Gasteiger partial charge on any atom is -0.330 e. The molecule has 3 nitrogen and oxygen atoms in total. The summed E-state index contributed by atoms with van der Waals surface area (Å²) < 4.78 is 0. The second kappa shape index (κ2) is 7.40. The van der Waals surface area contributed by atoms with Crippen LogP contribution in [0.1, 0.15) is 49.9 Å². The zero-order valence-electron chi connectivity index (χ0n) is 13.7. The Balaban J connectivity index is 1.84. The van der Waals surface area contributed by atoms with Gasteiger partial charge in [0.05, 0.1) is 11.7 Å². The molecule has 0 bridgehead atoms. The molecule has 23 heavy (non-hydrogen) atoms. The number of hydrogen-bond donors (Lipinski definition) is 0. The highest BCUT2D eigenvalue weighted by molar-refractivity contribution is 5.79. The Kier molecular flexibility index (Phi) is 5.06. The number of nitrogens with zero attached hydrogens (tertiary/aromatic N) is 2. The number of carbonyl (C=O) groups excluding carboxylic acids is 1. The number of hydrogen-bond acceptors (Lipinski definition) is 2. The number of benzene rings is 1. The molecule has 1 aromatic carbocycles. The van der Waals surface area contributed by atoms with Crippen molar-refractivity contribution in [2.24, 2.45) is 5.92 Å². The van der Waals surface area contributed by atoms with Crippen molar-refractivity contribution in [3.63, 3.8) is 0 Å². The van der Waals surface area contributed by atoms with E-state index in [1.54, 1.807) is 6.20 Å². The summed E-state index contributed by atoms with van der Waals surface area (Å²) in [7, 11) is 0. The first kappa shape index (κ1) is 15.7. The zero-order chi connectivity index (χ0) is 16.1. The molecule has 1 saturated carbocycles. The standard InChI is InChI=1S/C20H24N2O/c1-16(19-13-7-8-14-21-19)22(15-17-9-3-2-4-10-17)20(23)18-11-5-6-12-18/h2-4,7-10,13-14,16,18H,5-6,11-12,15H2,1H3. The quantitative estimate of drug-likeness (QED) is 0.822. The van der Waals surface area contributed by atoms with E-state index in [4.69, 9.17) is 0 Å². The van der Waals surface area contributed by atoms with Gasteiger partial charge in [-0.3, -0.25) is 9.78 Å². The predicted molar refractivity (Wildman–Crippen MR) is 91.6 cm³/mol. The van der Waals surface area contributed by atoms with Gasteiger partial charge in [0.15, 0.2) is 0 Å². The third-order valence-electron chi connectivity index (χ3n) is 4.77. The Hall–Kier alpha value is -2.16. The lowest BCUT2D eigenvalue weighted by atomic mass is 10.0. The molecule has 1 aromatic heterocycles. The Morgan fingerprint density at radius 3 is 2.48 bits per heavy atom. The molecule has 0 N–H and O–H groups in total. The van der Waals surface area contributed by atoms with Gasteiger partial charge in [-0.15, -0.1) is 0 Å². The fourth-order valence-corrected chi connectivity index (χ4v) is 3.38. The minimum absolute atomic E-state index is 0.00972. The Morgan fingerprint density at radius 2 is 1.83 bits per heavy atom. The lowest BCUT2D eigenvalue weighted by molar-refractivity contribution is -0.138. The van der Waals surface area contributed by atoms with Crippen molar-refractivity contribution in [2.45, 2.75) is 45.2 Å². The van der Waals surface area contributed by atoms with Crippen LogP contribution in [0.4, 0.5) is 0 Å².